The molecule has 0 spiro atoms. The Hall–Kier alpha value is -2.84. The molecular formula is C24H23FN2O3S2. The number of carbonyl (C=O) groups excluding carboxylic acids is 1. The predicted molar refractivity (Wildman–Crippen MR) is 127 cm³/mol. The molecule has 0 unspecified atom stereocenters. The lowest BCUT2D eigenvalue weighted by Crippen LogP contribution is -2.27. The molecule has 1 N–H and O–H groups in total. The smallest absolute Gasteiger partial charge is 0.261 e. The van der Waals surface area contributed by atoms with E-state index in [1.165, 1.54) is 29.5 Å². The van der Waals surface area contributed by atoms with E-state index in [9.17, 15) is 17.6 Å². The van der Waals surface area contributed by atoms with Gasteiger partial charge >= 0.3 is 0 Å². The molecule has 1 heterocycles. The Morgan fingerprint density at radius 1 is 1.03 bits per heavy atom. The largest absolute Gasteiger partial charge is 0.295 e. The zero-order chi connectivity index (χ0) is 22.9. The highest BCUT2D eigenvalue weighted by Gasteiger charge is 2.34. The Morgan fingerprint density at radius 2 is 1.72 bits per heavy atom. The fraction of sp³-hybridized carbons (Fsp3) is 0.208. The number of sulfonamides is 1. The summed E-state index contributed by atoms with van der Waals surface area (Å²) in [7, 11) is -3.86. The summed E-state index contributed by atoms with van der Waals surface area (Å²) < 4.78 is 41.0. The van der Waals surface area contributed by atoms with Crippen molar-refractivity contribution in [3.05, 3.63) is 89.7 Å². The van der Waals surface area contributed by atoms with Crippen LogP contribution in [0.2, 0.25) is 0 Å². The maximum Gasteiger partial charge on any atom is 0.261 e. The van der Waals surface area contributed by atoms with Crippen molar-refractivity contribution in [3.63, 3.8) is 0 Å². The van der Waals surface area contributed by atoms with E-state index in [0.717, 1.165) is 23.4 Å². The predicted octanol–water partition coefficient (Wildman–Crippen LogP) is 5.53. The number of anilines is 2. The second-order valence-electron chi connectivity index (χ2n) is 7.86. The zero-order valence-corrected chi connectivity index (χ0v) is 19.3. The van der Waals surface area contributed by atoms with Crippen LogP contribution in [0.1, 0.15) is 36.3 Å². The van der Waals surface area contributed by atoms with Gasteiger partial charge in [0.1, 0.15) is 11.2 Å². The molecule has 3 aromatic carbocycles. The average molecular weight is 471 g/mol. The molecule has 0 radical (unpaired) electrons. The molecule has 0 aliphatic carbocycles. The summed E-state index contributed by atoms with van der Waals surface area (Å²) in [5.74, 6) is 0.251. The van der Waals surface area contributed by atoms with E-state index in [0.29, 0.717) is 17.4 Å². The molecule has 8 heteroatoms. The van der Waals surface area contributed by atoms with Crippen LogP contribution in [0.4, 0.5) is 15.8 Å². The fourth-order valence-electron chi connectivity index (χ4n) is 3.55. The average Bonchev–Trinajstić information content (AvgIpc) is 3.15. The van der Waals surface area contributed by atoms with E-state index in [4.69, 9.17) is 0 Å². The SMILES string of the molecule is CC(C)c1ccc(N2C(=O)CS[C@H]2c2cccc(NS(=O)(=O)c3ccc(F)cc3)c2)cc1. The van der Waals surface area contributed by atoms with Crippen molar-refractivity contribution in [1.29, 1.82) is 0 Å². The molecule has 4 rings (SSSR count). The number of carbonyl (C=O) groups is 1. The van der Waals surface area contributed by atoms with Gasteiger partial charge in [-0.25, -0.2) is 12.8 Å². The minimum Gasteiger partial charge on any atom is -0.295 e. The maximum absolute atomic E-state index is 13.1. The summed E-state index contributed by atoms with van der Waals surface area (Å²) in [5.41, 5.74) is 3.20. The highest BCUT2D eigenvalue weighted by atomic mass is 32.2. The van der Waals surface area contributed by atoms with E-state index in [-0.39, 0.29) is 16.2 Å². The van der Waals surface area contributed by atoms with Gasteiger partial charge < -0.3 is 0 Å². The molecular weight excluding hydrogens is 447 g/mol. The molecule has 166 valence electrons. The van der Waals surface area contributed by atoms with Crippen molar-refractivity contribution in [3.8, 4) is 0 Å². The highest BCUT2D eigenvalue weighted by molar-refractivity contribution is 8.00. The third-order valence-corrected chi connectivity index (χ3v) is 7.86. The summed E-state index contributed by atoms with van der Waals surface area (Å²) in [6.07, 6.45) is 0. The van der Waals surface area contributed by atoms with Crippen LogP contribution in [0.3, 0.4) is 0 Å². The van der Waals surface area contributed by atoms with Crippen LogP contribution in [0.25, 0.3) is 0 Å². The quantitative estimate of drug-likeness (QED) is 0.515. The molecule has 1 amide bonds. The summed E-state index contributed by atoms with van der Waals surface area (Å²) >= 11 is 1.50. The molecule has 0 bridgehead atoms. The number of nitrogens with zero attached hydrogens (tertiary/aromatic N) is 1. The van der Waals surface area contributed by atoms with Gasteiger partial charge in [-0.2, -0.15) is 0 Å². The zero-order valence-electron chi connectivity index (χ0n) is 17.7. The number of rotatable bonds is 6. The first-order valence-corrected chi connectivity index (χ1v) is 12.7. The topological polar surface area (TPSA) is 66.5 Å². The van der Waals surface area contributed by atoms with Gasteiger partial charge in [-0.1, -0.05) is 38.1 Å². The molecule has 1 fully saturated rings. The normalized spacial score (nSPS) is 16.6. The van der Waals surface area contributed by atoms with Crippen LogP contribution in [0.5, 0.6) is 0 Å². The summed E-state index contributed by atoms with van der Waals surface area (Å²) in [5, 5.41) is -0.261. The minimum absolute atomic E-state index is 0.00888. The molecule has 1 saturated heterocycles. The number of benzene rings is 3. The third-order valence-electron chi connectivity index (χ3n) is 5.25. The van der Waals surface area contributed by atoms with Gasteiger partial charge in [0.15, 0.2) is 0 Å². The maximum atomic E-state index is 13.1. The molecule has 32 heavy (non-hydrogen) atoms. The van der Waals surface area contributed by atoms with Crippen molar-refractivity contribution >= 4 is 39.1 Å². The molecule has 1 atom stereocenters. The monoisotopic (exact) mass is 470 g/mol. The first-order chi connectivity index (χ1) is 15.2. The summed E-state index contributed by atoms with van der Waals surface area (Å²) in [6.45, 7) is 4.24. The molecule has 3 aromatic rings. The van der Waals surface area contributed by atoms with Crippen molar-refractivity contribution in [1.82, 2.24) is 0 Å². The van der Waals surface area contributed by atoms with E-state index < -0.39 is 15.8 Å². The van der Waals surface area contributed by atoms with Crippen molar-refractivity contribution in [2.24, 2.45) is 0 Å². The van der Waals surface area contributed by atoms with Gasteiger partial charge in [0, 0.05) is 11.4 Å². The summed E-state index contributed by atoms with van der Waals surface area (Å²) in [6, 6.07) is 19.6. The lowest BCUT2D eigenvalue weighted by Gasteiger charge is -2.25. The Morgan fingerprint density at radius 3 is 2.38 bits per heavy atom. The number of hydrogen-bond acceptors (Lipinski definition) is 4. The van der Waals surface area contributed by atoms with E-state index in [1.807, 2.05) is 30.3 Å². The van der Waals surface area contributed by atoms with Crippen molar-refractivity contribution in [2.75, 3.05) is 15.4 Å². The number of halogens is 1. The number of nitrogens with one attached hydrogen (secondary N) is 1. The molecule has 0 aromatic heterocycles. The first-order valence-electron chi connectivity index (χ1n) is 10.2. The van der Waals surface area contributed by atoms with Crippen LogP contribution < -0.4 is 9.62 Å². The van der Waals surface area contributed by atoms with Crippen LogP contribution in [-0.4, -0.2) is 20.1 Å². The van der Waals surface area contributed by atoms with Gasteiger partial charge in [-0.05, 0) is 65.6 Å². The van der Waals surface area contributed by atoms with Crippen LogP contribution in [0.15, 0.2) is 77.7 Å². The van der Waals surface area contributed by atoms with Gasteiger partial charge in [0.2, 0.25) is 5.91 Å². The second kappa shape index (κ2) is 8.96. The highest BCUT2D eigenvalue weighted by Crippen LogP contribution is 2.42. The lowest BCUT2D eigenvalue weighted by molar-refractivity contribution is -0.115. The van der Waals surface area contributed by atoms with Crippen LogP contribution >= 0.6 is 11.8 Å². The molecule has 1 aliphatic heterocycles. The van der Waals surface area contributed by atoms with Gasteiger partial charge in [-0.3, -0.25) is 14.4 Å². The summed E-state index contributed by atoms with van der Waals surface area (Å²) in [4.78, 5) is 14.4. The first kappa shape index (κ1) is 22.4. The minimum atomic E-state index is -3.86. The molecule has 5 nitrogen and oxygen atoms in total. The Labute approximate surface area is 191 Å². The number of thioether (sulfide) groups is 1. The van der Waals surface area contributed by atoms with Crippen molar-refractivity contribution < 1.29 is 17.6 Å². The van der Waals surface area contributed by atoms with Crippen molar-refractivity contribution in [2.45, 2.75) is 30.0 Å². The Balaban J connectivity index is 1.60. The van der Waals surface area contributed by atoms with E-state index in [2.05, 4.69) is 18.6 Å². The number of amides is 1. The third kappa shape index (κ3) is 4.66. The Kier molecular flexibility index (Phi) is 6.26. The number of hydrogen-bond donors (Lipinski definition) is 1. The van der Waals surface area contributed by atoms with Crippen LogP contribution in [-0.2, 0) is 14.8 Å². The molecule has 0 saturated carbocycles. The van der Waals surface area contributed by atoms with Crippen LogP contribution in [0, 0.1) is 5.82 Å². The second-order valence-corrected chi connectivity index (χ2v) is 10.6. The van der Waals surface area contributed by atoms with Gasteiger partial charge in [0.05, 0.1) is 10.6 Å². The standard InChI is InChI=1S/C24H23FN2O3S2/c1-16(2)17-6-10-21(11-7-17)27-23(28)15-31-24(27)18-4-3-5-20(14-18)26-32(29,30)22-12-8-19(25)9-13-22/h3-14,16,24,26H,15H2,1-2H3/t24-/m0/s1. The Bertz CT molecular complexity index is 1230. The lowest BCUT2D eigenvalue weighted by atomic mass is 10.0. The van der Waals surface area contributed by atoms with Gasteiger partial charge in [-0.15, -0.1) is 11.8 Å². The molecule has 1 aliphatic rings. The van der Waals surface area contributed by atoms with E-state index >= 15 is 0 Å². The van der Waals surface area contributed by atoms with E-state index in [1.54, 1.807) is 23.1 Å². The van der Waals surface area contributed by atoms with Gasteiger partial charge in [0.25, 0.3) is 10.0 Å². The fourth-order valence-corrected chi connectivity index (χ4v) is 5.77.